The summed E-state index contributed by atoms with van der Waals surface area (Å²) < 4.78 is 17.3. The van der Waals surface area contributed by atoms with Crippen LogP contribution in [0.15, 0.2) is 24.3 Å². The van der Waals surface area contributed by atoms with Crippen molar-refractivity contribution in [3.8, 4) is 0 Å². The first-order valence-corrected chi connectivity index (χ1v) is 9.98. The van der Waals surface area contributed by atoms with E-state index in [0.717, 1.165) is 18.7 Å². The van der Waals surface area contributed by atoms with Gasteiger partial charge in [0, 0.05) is 5.69 Å². The van der Waals surface area contributed by atoms with E-state index in [0.29, 0.717) is 25.0 Å². The lowest BCUT2D eigenvalue weighted by molar-refractivity contribution is 0.00856. The highest BCUT2D eigenvalue weighted by molar-refractivity contribution is 5.84. The molecule has 0 unspecified atom stereocenters. The number of fused-ring (bicyclic) bond motifs is 1. The monoisotopic (exact) mass is 376 g/mol. The molecule has 2 aliphatic heterocycles. The molecule has 2 heterocycles. The van der Waals surface area contributed by atoms with Gasteiger partial charge in [0.05, 0.1) is 19.3 Å². The minimum atomic E-state index is -0.471. The Bertz CT molecular complexity index is 617. The quantitative estimate of drug-likeness (QED) is 0.762. The molecule has 0 spiro atoms. The topological polar surface area (TPSA) is 68.8 Å². The first kappa shape index (κ1) is 20.1. The third-order valence-electron chi connectivity index (χ3n) is 5.22. The lowest BCUT2D eigenvalue weighted by Gasteiger charge is -2.18. The molecule has 2 saturated heterocycles. The maximum atomic E-state index is 12.2. The predicted molar refractivity (Wildman–Crippen MR) is 105 cm³/mol. The van der Waals surface area contributed by atoms with Gasteiger partial charge in [-0.2, -0.15) is 0 Å². The Morgan fingerprint density at radius 3 is 2.48 bits per heavy atom. The molecule has 2 fully saturated rings. The van der Waals surface area contributed by atoms with Crippen molar-refractivity contribution in [1.82, 2.24) is 5.32 Å². The SMILES string of the molecule is CC(C)CCN[C@H]1CO[C@H]2[C@@H]1OC[C@H]2OC(=O)Nc1ccc(C(C)C)cc1. The minimum absolute atomic E-state index is 0.0553. The van der Waals surface area contributed by atoms with Crippen molar-refractivity contribution in [2.24, 2.45) is 5.92 Å². The number of anilines is 1. The van der Waals surface area contributed by atoms with Crippen molar-refractivity contribution >= 4 is 11.8 Å². The summed E-state index contributed by atoms with van der Waals surface area (Å²) >= 11 is 0. The van der Waals surface area contributed by atoms with E-state index in [4.69, 9.17) is 14.2 Å². The van der Waals surface area contributed by atoms with E-state index in [9.17, 15) is 4.79 Å². The zero-order chi connectivity index (χ0) is 19.4. The van der Waals surface area contributed by atoms with Crippen LogP contribution in [0, 0.1) is 5.92 Å². The number of hydrogen-bond donors (Lipinski definition) is 2. The Labute approximate surface area is 161 Å². The fourth-order valence-electron chi connectivity index (χ4n) is 3.53. The highest BCUT2D eigenvalue weighted by Gasteiger charge is 2.49. The molecule has 0 aliphatic carbocycles. The van der Waals surface area contributed by atoms with Crippen LogP contribution in [0.5, 0.6) is 0 Å². The summed E-state index contributed by atoms with van der Waals surface area (Å²) in [6.07, 6.45) is 0.0188. The van der Waals surface area contributed by atoms with Crippen LogP contribution in [0.2, 0.25) is 0 Å². The van der Waals surface area contributed by atoms with Crippen LogP contribution < -0.4 is 10.6 Å². The number of nitrogens with one attached hydrogen (secondary N) is 2. The van der Waals surface area contributed by atoms with Crippen LogP contribution in [0.1, 0.15) is 45.6 Å². The van der Waals surface area contributed by atoms with Gasteiger partial charge >= 0.3 is 6.09 Å². The zero-order valence-corrected chi connectivity index (χ0v) is 16.7. The van der Waals surface area contributed by atoms with E-state index >= 15 is 0 Å². The average Bonchev–Trinajstić information content (AvgIpc) is 3.19. The van der Waals surface area contributed by atoms with Crippen LogP contribution in [0.3, 0.4) is 0 Å². The number of rotatable bonds is 7. The third-order valence-corrected chi connectivity index (χ3v) is 5.22. The molecule has 0 radical (unpaired) electrons. The van der Waals surface area contributed by atoms with Crippen LogP contribution in [0.25, 0.3) is 0 Å². The van der Waals surface area contributed by atoms with Gasteiger partial charge in [-0.1, -0.05) is 39.8 Å². The van der Waals surface area contributed by atoms with Gasteiger partial charge in [-0.3, -0.25) is 5.32 Å². The van der Waals surface area contributed by atoms with Gasteiger partial charge in [-0.15, -0.1) is 0 Å². The molecule has 2 aliphatic rings. The third kappa shape index (κ3) is 5.21. The second-order valence-corrected chi connectivity index (χ2v) is 8.18. The molecule has 2 N–H and O–H groups in total. The molecule has 27 heavy (non-hydrogen) atoms. The largest absolute Gasteiger partial charge is 0.441 e. The number of hydrogen-bond acceptors (Lipinski definition) is 5. The van der Waals surface area contributed by atoms with Gasteiger partial charge in [0.1, 0.15) is 12.2 Å². The van der Waals surface area contributed by atoms with Gasteiger partial charge in [0.15, 0.2) is 6.10 Å². The van der Waals surface area contributed by atoms with Crippen LogP contribution in [-0.4, -0.2) is 50.2 Å². The number of carbonyl (C=O) groups excluding carboxylic acids is 1. The first-order chi connectivity index (χ1) is 12.9. The second kappa shape index (κ2) is 9.04. The van der Waals surface area contributed by atoms with Crippen molar-refractivity contribution < 1.29 is 19.0 Å². The van der Waals surface area contributed by atoms with Crippen LogP contribution >= 0.6 is 0 Å². The van der Waals surface area contributed by atoms with Gasteiger partial charge in [-0.05, 0) is 42.5 Å². The molecule has 0 aromatic heterocycles. The lowest BCUT2D eigenvalue weighted by atomic mass is 10.0. The highest BCUT2D eigenvalue weighted by Crippen LogP contribution is 2.29. The summed E-state index contributed by atoms with van der Waals surface area (Å²) in [7, 11) is 0. The van der Waals surface area contributed by atoms with Crippen molar-refractivity contribution in [2.45, 2.75) is 64.4 Å². The van der Waals surface area contributed by atoms with Gasteiger partial charge in [0.2, 0.25) is 0 Å². The van der Waals surface area contributed by atoms with Crippen molar-refractivity contribution in [1.29, 1.82) is 0 Å². The summed E-state index contributed by atoms with van der Waals surface area (Å²) in [6, 6.07) is 7.98. The normalized spacial score (nSPS) is 27.2. The van der Waals surface area contributed by atoms with E-state index in [1.807, 2.05) is 24.3 Å². The van der Waals surface area contributed by atoms with Crippen LogP contribution in [-0.2, 0) is 14.2 Å². The summed E-state index contributed by atoms with van der Waals surface area (Å²) in [4.78, 5) is 12.2. The number of ether oxygens (including phenoxy) is 3. The van der Waals surface area contributed by atoms with E-state index in [2.05, 4.69) is 38.3 Å². The Morgan fingerprint density at radius 1 is 1.11 bits per heavy atom. The molecular weight excluding hydrogens is 344 g/mol. The first-order valence-electron chi connectivity index (χ1n) is 9.98. The van der Waals surface area contributed by atoms with Crippen molar-refractivity contribution in [2.75, 3.05) is 25.1 Å². The maximum absolute atomic E-state index is 12.2. The van der Waals surface area contributed by atoms with Crippen molar-refractivity contribution in [3.05, 3.63) is 29.8 Å². The van der Waals surface area contributed by atoms with Gasteiger partial charge < -0.3 is 19.5 Å². The molecule has 6 heteroatoms. The molecule has 6 nitrogen and oxygen atoms in total. The minimum Gasteiger partial charge on any atom is -0.441 e. The summed E-state index contributed by atoms with van der Waals surface area (Å²) in [5.74, 6) is 1.12. The average molecular weight is 376 g/mol. The molecule has 0 saturated carbocycles. The molecule has 150 valence electrons. The molecule has 4 atom stereocenters. The van der Waals surface area contributed by atoms with Crippen LogP contribution in [0.4, 0.5) is 10.5 Å². The fraction of sp³-hybridized carbons (Fsp3) is 0.667. The number of amides is 1. The molecule has 1 aromatic rings. The molecule has 1 aromatic carbocycles. The van der Waals surface area contributed by atoms with E-state index in [1.54, 1.807) is 0 Å². The molecule has 3 rings (SSSR count). The summed E-state index contributed by atoms with van der Waals surface area (Å²) in [6.45, 7) is 10.6. The molecular formula is C21H32N2O4. The lowest BCUT2D eigenvalue weighted by Crippen LogP contribution is -2.42. The number of benzene rings is 1. The van der Waals surface area contributed by atoms with Crippen molar-refractivity contribution in [3.63, 3.8) is 0 Å². The maximum Gasteiger partial charge on any atom is 0.412 e. The Morgan fingerprint density at radius 2 is 1.81 bits per heavy atom. The Kier molecular flexibility index (Phi) is 6.73. The second-order valence-electron chi connectivity index (χ2n) is 8.18. The standard InChI is InChI=1S/C21H32N2O4/c1-13(2)9-10-22-17-11-25-20-18(12-26-19(17)20)27-21(24)23-16-7-5-15(6-8-16)14(3)4/h5-8,13-14,17-20,22H,9-12H2,1-4H3,(H,23,24)/t17-,18+,19+,20+/m0/s1. The Hall–Kier alpha value is -1.63. The number of carbonyl (C=O) groups is 1. The summed E-state index contributed by atoms with van der Waals surface area (Å²) in [5, 5.41) is 6.29. The van der Waals surface area contributed by atoms with E-state index in [-0.39, 0.29) is 24.4 Å². The van der Waals surface area contributed by atoms with Gasteiger partial charge in [0.25, 0.3) is 0 Å². The predicted octanol–water partition coefficient (Wildman–Crippen LogP) is 3.53. The van der Waals surface area contributed by atoms with E-state index in [1.165, 1.54) is 5.56 Å². The molecule has 0 bridgehead atoms. The summed E-state index contributed by atoms with van der Waals surface area (Å²) in [5.41, 5.74) is 1.96. The molecule has 1 amide bonds. The zero-order valence-electron chi connectivity index (χ0n) is 16.7. The Balaban J connectivity index is 1.47. The van der Waals surface area contributed by atoms with Gasteiger partial charge in [-0.25, -0.2) is 4.79 Å². The van der Waals surface area contributed by atoms with E-state index < -0.39 is 6.09 Å². The smallest absolute Gasteiger partial charge is 0.412 e. The highest BCUT2D eigenvalue weighted by atomic mass is 16.6. The fourth-order valence-corrected chi connectivity index (χ4v) is 3.53.